The van der Waals surface area contributed by atoms with Crippen LogP contribution in [0.25, 0.3) is 10.8 Å². The topological polar surface area (TPSA) is 54.5 Å². The number of likely N-dealkylation sites (tertiary alicyclic amines) is 1. The summed E-state index contributed by atoms with van der Waals surface area (Å²) in [6.07, 6.45) is 2.16. The quantitative estimate of drug-likeness (QED) is 0.783. The van der Waals surface area contributed by atoms with Crippen LogP contribution >= 0.6 is 0 Å². The number of hydrogen-bond acceptors (Lipinski definition) is 3. The highest BCUT2D eigenvalue weighted by Gasteiger charge is 2.29. The van der Waals surface area contributed by atoms with E-state index >= 15 is 0 Å². The van der Waals surface area contributed by atoms with Crippen molar-refractivity contribution in [2.24, 2.45) is 5.92 Å². The molecule has 0 spiro atoms. The Morgan fingerprint density at radius 2 is 1.80 bits per heavy atom. The van der Waals surface area contributed by atoms with E-state index in [0.717, 1.165) is 23.6 Å². The molecule has 1 amide bonds. The average Bonchev–Trinajstić information content (AvgIpc) is 2.65. The summed E-state index contributed by atoms with van der Waals surface area (Å²) in [5.41, 5.74) is 0.710. The summed E-state index contributed by atoms with van der Waals surface area (Å²) in [5, 5.41) is 2.17. The van der Waals surface area contributed by atoms with Crippen molar-refractivity contribution in [3.8, 4) is 0 Å². The highest BCUT2D eigenvalue weighted by molar-refractivity contribution is 6.01. The van der Waals surface area contributed by atoms with E-state index in [1.807, 2.05) is 42.5 Å². The molecule has 2 aromatic carbocycles. The Morgan fingerprint density at radius 3 is 2.56 bits per heavy atom. The van der Waals surface area contributed by atoms with Crippen LogP contribution in [-0.4, -0.2) is 35.5 Å². The van der Waals surface area contributed by atoms with Crippen molar-refractivity contribution in [2.75, 3.05) is 13.1 Å². The van der Waals surface area contributed by atoms with Crippen LogP contribution in [0.15, 0.2) is 42.5 Å². The number of fused-ring (bicyclic) bond motifs is 1. The van der Waals surface area contributed by atoms with E-state index in [0.29, 0.717) is 18.7 Å². The largest absolute Gasteiger partial charge is 0.342 e. The van der Waals surface area contributed by atoms with Gasteiger partial charge in [0.25, 0.3) is 0 Å². The number of hydrogen-bond donors (Lipinski definition) is 0. The van der Waals surface area contributed by atoms with Gasteiger partial charge in [0.2, 0.25) is 5.91 Å². The van der Waals surface area contributed by atoms with Gasteiger partial charge in [0.05, 0.1) is 0 Å². The number of carbonyl (C=O) groups excluding carboxylic acids is 3. The summed E-state index contributed by atoms with van der Waals surface area (Å²) in [5.74, 6) is -0.0497. The molecule has 4 nitrogen and oxygen atoms in total. The lowest BCUT2D eigenvalue weighted by atomic mass is 9.89. The highest BCUT2D eigenvalue weighted by Crippen LogP contribution is 2.24. The smallest absolute Gasteiger partial charge is 0.223 e. The average molecular weight is 337 g/mol. The van der Waals surface area contributed by atoms with E-state index in [2.05, 4.69) is 0 Å². The molecule has 0 bridgehead atoms. The van der Waals surface area contributed by atoms with Crippen molar-refractivity contribution in [1.82, 2.24) is 4.90 Å². The lowest BCUT2D eigenvalue weighted by Crippen LogP contribution is -2.42. The Hall–Kier alpha value is -2.49. The second-order valence-electron chi connectivity index (χ2n) is 6.81. The second kappa shape index (κ2) is 7.60. The molecule has 0 unspecified atom stereocenters. The van der Waals surface area contributed by atoms with Gasteiger partial charge in [-0.1, -0.05) is 36.4 Å². The van der Waals surface area contributed by atoms with Crippen LogP contribution in [0.1, 0.15) is 43.0 Å². The molecule has 130 valence electrons. The molecule has 1 saturated heterocycles. The summed E-state index contributed by atoms with van der Waals surface area (Å²) in [6, 6.07) is 13.8. The van der Waals surface area contributed by atoms with E-state index in [1.165, 1.54) is 6.92 Å². The molecular formula is C21H23NO3. The van der Waals surface area contributed by atoms with Gasteiger partial charge >= 0.3 is 0 Å². The molecule has 0 aliphatic carbocycles. The van der Waals surface area contributed by atoms with Gasteiger partial charge in [0, 0.05) is 37.4 Å². The molecule has 25 heavy (non-hydrogen) atoms. The minimum absolute atomic E-state index is 0.0220. The number of Topliss-reactive ketones (excluding diaryl/α,β-unsaturated/α-hetero) is 2. The second-order valence-corrected chi connectivity index (χ2v) is 6.81. The zero-order chi connectivity index (χ0) is 17.8. The summed E-state index contributed by atoms with van der Waals surface area (Å²) in [7, 11) is 0. The number of carbonyl (C=O) groups is 3. The van der Waals surface area contributed by atoms with Crippen LogP contribution in [0.3, 0.4) is 0 Å². The first kappa shape index (κ1) is 17.3. The molecule has 1 atom stereocenters. The van der Waals surface area contributed by atoms with Crippen molar-refractivity contribution < 1.29 is 14.4 Å². The molecule has 0 saturated carbocycles. The fourth-order valence-electron chi connectivity index (χ4n) is 3.44. The molecule has 2 aromatic rings. The van der Waals surface area contributed by atoms with E-state index in [9.17, 15) is 14.4 Å². The third-order valence-corrected chi connectivity index (χ3v) is 4.87. The lowest BCUT2D eigenvalue weighted by molar-refractivity contribution is -0.134. The maximum Gasteiger partial charge on any atom is 0.223 e. The van der Waals surface area contributed by atoms with Gasteiger partial charge in [-0.15, -0.1) is 0 Å². The van der Waals surface area contributed by atoms with E-state index in [1.54, 1.807) is 4.90 Å². The first-order valence-corrected chi connectivity index (χ1v) is 8.85. The number of benzene rings is 2. The highest BCUT2D eigenvalue weighted by atomic mass is 16.2. The van der Waals surface area contributed by atoms with Crippen molar-refractivity contribution >= 4 is 28.2 Å². The van der Waals surface area contributed by atoms with Crippen LogP contribution in [-0.2, 0) is 9.59 Å². The van der Waals surface area contributed by atoms with Crippen molar-refractivity contribution in [3.63, 3.8) is 0 Å². The van der Waals surface area contributed by atoms with Gasteiger partial charge in [-0.25, -0.2) is 0 Å². The number of piperidine rings is 1. The summed E-state index contributed by atoms with van der Waals surface area (Å²) >= 11 is 0. The van der Waals surface area contributed by atoms with E-state index < -0.39 is 0 Å². The Balaban J connectivity index is 1.70. The predicted molar refractivity (Wildman–Crippen MR) is 97.5 cm³/mol. The fourth-order valence-corrected chi connectivity index (χ4v) is 3.44. The van der Waals surface area contributed by atoms with Crippen LogP contribution in [0.4, 0.5) is 0 Å². The van der Waals surface area contributed by atoms with Crippen LogP contribution < -0.4 is 0 Å². The monoisotopic (exact) mass is 337 g/mol. The number of nitrogens with zero attached hydrogens (tertiary/aromatic N) is 1. The SMILES string of the molecule is CC(=O)CCC(=O)N1CCC[C@@H](C(=O)c2ccc3ccccc3c2)C1. The molecule has 3 rings (SSSR count). The maximum absolute atomic E-state index is 12.9. The van der Waals surface area contributed by atoms with Crippen molar-refractivity contribution in [3.05, 3.63) is 48.0 Å². The number of ketones is 2. The Kier molecular flexibility index (Phi) is 5.27. The van der Waals surface area contributed by atoms with Gasteiger partial charge in [0.15, 0.2) is 5.78 Å². The summed E-state index contributed by atoms with van der Waals surface area (Å²) < 4.78 is 0. The van der Waals surface area contributed by atoms with E-state index in [-0.39, 0.29) is 36.2 Å². The molecule has 1 aliphatic rings. The molecular weight excluding hydrogens is 314 g/mol. The minimum Gasteiger partial charge on any atom is -0.342 e. The van der Waals surface area contributed by atoms with Gasteiger partial charge < -0.3 is 9.69 Å². The molecule has 0 N–H and O–H groups in total. The minimum atomic E-state index is -0.156. The van der Waals surface area contributed by atoms with Gasteiger partial charge in [-0.3, -0.25) is 9.59 Å². The molecule has 1 fully saturated rings. The Bertz CT molecular complexity index is 812. The molecule has 1 heterocycles. The first-order chi connectivity index (χ1) is 12.0. The van der Waals surface area contributed by atoms with Gasteiger partial charge in [0.1, 0.15) is 5.78 Å². The van der Waals surface area contributed by atoms with Crippen molar-refractivity contribution in [2.45, 2.75) is 32.6 Å². The molecule has 4 heteroatoms. The maximum atomic E-state index is 12.9. The molecule has 0 radical (unpaired) electrons. The summed E-state index contributed by atoms with van der Waals surface area (Å²) in [4.78, 5) is 37.9. The number of amides is 1. The van der Waals surface area contributed by atoms with Crippen molar-refractivity contribution in [1.29, 1.82) is 0 Å². The Morgan fingerprint density at radius 1 is 1.04 bits per heavy atom. The standard InChI is InChI=1S/C21H23NO3/c1-15(23)8-11-20(24)22-12-4-7-19(14-22)21(25)18-10-9-16-5-2-3-6-17(16)13-18/h2-3,5-6,9-10,13,19H,4,7-8,11-12,14H2,1H3/t19-/m1/s1. The van der Waals surface area contributed by atoms with E-state index in [4.69, 9.17) is 0 Å². The van der Waals surface area contributed by atoms with Gasteiger partial charge in [-0.05, 0) is 36.6 Å². The first-order valence-electron chi connectivity index (χ1n) is 8.85. The van der Waals surface area contributed by atoms with Crippen LogP contribution in [0.2, 0.25) is 0 Å². The zero-order valence-corrected chi connectivity index (χ0v) is 14.5. The third kappa shape index (κ3) is 4.13. The van der Waals surface area contributed by atoms with Gasteiger partial charge in [-0.2, -0.15) is 0 Å². The zero-order valence-electron chi connectivity index (χ0n) is 14.5. The number of rotatable bonds is 5. The summed E-state index contributed by atoms with van der Waals surface area (Å²) in [6.45, 7) is 2.64. The van der Waals surface area contributed by atoms with Crippen LogP contribution in [0, 0.1) is 5.92 Å². The molecule has 1 aliphatic heterocycles. The lowest BCUT2D eigenvalue weighted by Gasteiger charge is -2.32. The van der Waals surface area contributed by atoms with Crippen LogP contribution in [0.5, 0.6) is 0 Å². The Labute approximate surface area is 147 Å². The normalized spacial score (nSPS) is 17.5. The predicted octanol–water partition coefficient (Wildman–Crippen LogP) is 3.63. The fraction of sp³-hybridized carbons (Fsp3) is 0.381. The third-order valence-electron chi connectivity index (χ3n) is 4.87. The molecule has 0 aromatic heterocycles.